The zero-order chi connectivity index (χ0) is 12.5. The van der Waals surface area contributed by atoms with Crippen LogP contribution >= 0.6 is 0 Å². The molecule has 0 spiro atoms. The first kappa shape index (κ1) is 14.5. The molecule has 1 fully saturated rings. The molecule has 1 rings (SSSR count). The summed E-state index contributed by atoms with van der Waals surface area (Å²) in [6.45, 7) is 2.90. The molecule has 0 heterocycles. The van der Waals surface area contributed by atoms with Crippen molar-refractivity contribution in [3.05, 3.63) is 0 Å². The Morgan fingerprint density at radius 1 is 1.24 bits per heavy atom. The van der Waals surface area contributed by atoms with Crippen molar-refractivity contribution in [3.63, 3.8) is 0 Å². The average Bonchev–Trinajstić information content (AvgIpc) is 2.35. The fourth-order valence-corrected chi connectivity index (χ4v) is 2.67. The van der Waals surface area contributed by atoms with Crippen molar-refractivity contribution in [1.82, 2.24) is 5.32 Å². The van der Waals surface area contributed by atoms with Gasteiger partial charge in [0.2, 0.25) is 5.91 Å². The largest absolute Gasteiger partial charge is 0.353 e. The topological polar surface area (TPSA) is 55.1 Å². The lowest BCUT2D eigenvalue weighted by molar-refractivity contribution is -0.122. The second-order valence-corrected chi connectivity index (χ2v) is 5.26. The second-order valence-electron chi connectivity index (χ2n) is 5.26. The minimum atomic E-state index is 0.228. The molecule has 100 valence electrons. The van der Waals surface area contributed by atoms with Gasteiger partial charge >= 0.3 is 0 Å². The molecule has 1 saturated carbocycles. The van der Waals surface area contributed by atoms with Crippen LogP contribution < -0.4 is 11.1 Å². The normalized spacial score (nSPS) is 24.6. The minimum absolute atomic E-state index is 0.228. The number of hydrogen-bond donors (Lipinski definition) is 2. The summed E-state index contributed by atoms with van der Waals surface area (Å²) in [4.78, 5) is 11.8. The monoisotopic (exact) mass is 240 g/mol. The van der Waals surface area contributed by atoms with Crippen molar-refractivity contribution in [2.45, 2.75) is 70.8 Å². The molecule has 2 atom stereocenters. The predicted molar refractivity (Wildman–Crippen MR) is 71.7 cm³/mol. The summed E-state index contributed by atoms with van der Waals surface area (Å²) in [5.41, 5.74) is 5.76. The molecular weight excluding hydrogens is 212 g/mol. The van der Waals surface area contributed by atoms with E-state index in [0.29, 0.717) is 24.9 Å². The molecule has 3 heteroatoms. The van der Waals surface area contributed by atoms with Crippen LogP contribution in [0, 0.1) is 5.92 Å². The van der Waals surface area contributed by atoms with Crippen molar-refractivity contribution < 1.29 is 4.79 Å². The molecule has 0 aliphatic heterocycles. The van der Waals surface area contributed by atoms with E-state index in [4.69, 9.17) is 5.73 Å². The number of rotatable bonds is 7. The maximum absolute atomic E-state index is 11.8. The van der Waals surface area contributed by atoms with Crippen LogP contribution in [0.1, 0.15) is 64.7 Å². The SMILES string of the molecule is CCCCCCC(=O)NC1CCCCC1CN. The lowest BCUT2D eigenvalue weighted by Gasteiger charge is -2.31. The highest BCUT2D eigenvalue weighted by atomic mass is 16.1. The highest BCUT2D eigenvalue weighted by molar-refractivity contribution is 5.76. The van der Waals surface area contributed by atoms with Crippen LogP contribution in [0.5, 0.6) is 0 Å². The van der Waals surface area contributed by atoms with E-state index < -0.39 is 0 Å². The summed E-state index contributed by atoms with van der Waals surface area (Å²) in [7, 11) is 0. The van der Waals surface area contributed by atoms with E-state index in [1.54, 1.807) is 0 Å². The van der Waals surface area contributed by atoms with Crippen LogP contribution in [0.25, 0.3) is 0 Å². The molecular formula is C14H28N2O. The fourth-order valence-electron chi connectivity index (χ4n) is 2.67. The summed E-state index contributed by atoms with van der Waals surface area (Å²) in [6.07, 6.45) is 10.1. The maximum atomic E-state index is 11.8. The molecule has 0 aromatic heterocycles. The number of nitrogens with two attached hydrogens (primary N) is 1. The molecule has 0 aromatic carbocycles. The molecule has 2 unspecified atom stereocenters. The first-order valence-electron chi connectivity index (χ1n) is 7.27. The molecule has 1 amide bonds. The van der Waals surface area contributed by atoms with Gasteiger partial charge in [0, 0.05) is 12.5 Å². The number of amides is 1. The second kappa shape index (κ2) is 8.51. The molecule has 0 bridgehead atoms. The highest BCUT2D eigenvalue weighted by Crippen LogP contribution is 2.23. The Bertz CT molecular complexity index is 218. The Morgan fingerprint density at radius 2 is 2.00 bits per heavy atom. The van der Waals surface area contributed by atoms with Gasteiger partial charge in [-0.05, 0) is 31.7 Å². The third kappa shape index (κ3) is 5.53. The lowest BCUT2D eigenvalue weighted by atomic mass is 9.84. The molecule has 0 radical (unpaired) electrons. The van der Waals surface area contributed by atoms with Gasteiger partial charge in [-0.15, -0.1) is 0 Å². The molecule has 3 N–H and O–H groups in total. The van der Waals surface area contributed by atoms with Gasteiger partial charge in [-0.2, -0.15) is 0 Å². The van der Waals surface area contributed by atoms with Gasteiger partial charge in [0.15, 0.2) is 0 Å². The Kier molecular flexibility index (Phi) is 7.25. The van der Waals surface area contributed by atoms with Crippen LogP contribution in [0.15, 0.2) is 0 Å². The van der Waals surface area contributed by atoms with Gasteiger partial charge in [0.1, 0.15) is 0 Å². The van der Waals surface area contributed by atoms with E-state index in [0.717, 1.165) is 12.8 Å². The lowest BCUT2D eigenvalue weighted by Crippen LogP contribution is -2.44. The number of carbonyl (C=O) groups is 1. The Labute approximate surface area is 106 Å². The highest BCUT2D eigenvalue weighted by Gasteiger charge is 2.24. The Morgan fingerprint density at radius 3 is 2.71 bits per heavy atom. The molecule has 0 aromatic rings. The van der Waals surface area contributed by atoms with E-state index in [2.05, 4.69) is 12.2 Å². The van der Waals surface area contributed by atoms with E-state index >= 15 is 0 Å². The van der Waals surface area contributed by atoms with E-state index in [1.807, 2.05) is 0 Å². The van der Waals surface area contributed by atoms with Gasteiger partial charge < -0.3 is 11.1 Å². The summed E-state index contributed by atoms with van der Waals surface area (Å²) in [6, 6.07) is 0.340. The standard InChI is InChI=1S/C14H28N2O/c1-2-3-4-5-10-14(17)16-13-9-7-6-8-12(13)11-15/h12-13H,2-11,15H2,1H3,(H,16,17). The first-order valence-corrected chi connectivity index (χ1v) is 7.27. The fraction of sp³-hybridized carbons (Fsp3) is 0.929. The van der Waals surface area contributed by atoms with Crippen molar-refractivity contribution in [1.29, 1.82) is 0 Å². The summed E-state index contributed by atoms with van der Waals surface area (Å²) < 4.78 is 0. The molecule has 1 aliphatic rings. The van der Waals surface area contributed by atoms with E-state index in [9.17, 15) is 4.79 Å². The van der Waals surface area contributed by atoms with Crippen molar-refractivity contribution in [2.75, 3.05) is 6.54 Å². The number of nitrogens with one attached hydrogen (secondary N) is 1. The molecule has 3 nitrogen and oxygen atoms in total. The van der Waals surface area contributed by atoms with Crippen molar-refractivity contribution in [2.24, 2.45) is 11.7 Å². The predicted octanol–water partition coefficient (Wildman–Crippen LogP) is 2.59. The minimum Gasteiger partial charge on any atom is -0.353 e. The van der Waals surface area contributed by atoms with Gasteiger partial charge in [-0.1, -0.05) is 39.0 Å². The zero-order valence-electron chi connectivity index (χ0n) is 11.2. The summed E-state index contributed by atoms with van der Waals surface area (Å²) in [5.74, 6) is 0.731. The summed E-state index contributed by atoms with van der Waals surface area (Å²) in [5, 5.41) is 3.18. The van der Waals surface area contributed by atoms with Crippen LogP contribution in [-0.4, -0.2) is 18.5 Å². The third-order valence-electron chi connectivity index (χ3n) is 3.82. The maximum Gasteiger partial charge on any atom is 0.220 e. The Balaban J connectivity index is 2.19. The summed E-state index contributed by atoms with van der Waals surface area (Å²) >= 11 is 0. The molecule has 1 aliphatic carbocycles. The number of hydrogen-bond acceptors (Lipinski definition) is 2. The number of unbranched alkanes of at least 4 members (excludes halogenated alkanes) is 3. The quantitative estimate of drug-likeness (QED) is 0.672. The number of carbonyl (C=O) groups excluding carboxylic acids is 1. The zero-order valence-corrected chi connectivity index (χ0v) is 11.2. The van der Waals surface area contributed by atoms with Crippen LogP contribution in [0.3, 0.4) is 0 Å². The van der Waals surface area contributed by atoms with Crippen molar-refractivity contribution >= 4 is 5.91 Å². The van der Waals surface area contributed by atoms with Gasteiger partial charge in [0.25, 0.3) is 0 Å². The first-order chi connectivity index (χ1) is 8.27. The molecule has 17 heavy (non-hydrogen) atoms. The van der Waals surface area contributed by atoms with Crippen LogP contribution in [-0.2, 0) is 4.79 Å². The van der Waals surface area contributed by atoms with Gasteiger partial charge in [-0.3, -0.25) is 4.79 Å². The van der Waals surface area contributed by atoms with Gasteiger partial charge in [0.05, 0.1) is 0 Å². The van der Waals surface area contributed by atoms with E-state index in [-0.39, 0.29) is 5.91 Å². The van der Waals surface area contributed by atoms with Crippen molar-refractivity contribution in [3.8, 4) is 0 Å². The van der Waals surface area contributed by atoms with Crippen LogP contribution in [0.2, 0.25) is 0 Å². The Hall–Kier alpha value is -0.570. The van der Waals surface area contributed by atoms with E-state index in [1.165, 1.54) is 38.5 Å². The molecule has 0 saturated heterocycles. The average molecular weight is 240 g/mol. The third-order valence-corrected chi connectivity index (χ3v) is 3.82. The van der Waals surface area contributed by atoms with Crippen LogP contribution in [0.4, 0.5) is 0 Å². The van der Waals surface area contributed by atoms with Gasteiger partial charge in [-0.25, -0.2) is 0 Å². The smallest absolute Gasteiger partial charge is 0.220 e.